The molecule has 0 spiro atoms. The van der Waals surface area contributed by atoms with Crippen LogP contribution in [0.1, 0.15) is 41.1 Å². The molecule has 2 heterocycles. The summed E-state index contributed by atoms with van der Waals surface area (Å²) in [6, 6.07) is 4.94. The molecule has 1 unspecified atom stereocenters. The van der Waals surface area contributed by atoms with E-state index < -0.39 is 5.82 Å². The highest BCUT2D eigenvalue weighted by molar-refractivity contribution is 5.94. The largest absolute Gasteiger partial charge is 0.379 e. The van der Waals surface area contributed by atoms with E-state index in [1.807, 2.05) is 0 Å². The first kappa shape index (κ1) is 17.2. The first-order chi connectivity index (χ1) is 10.2. The summed E-state index contributed by atoms with van der Waals surface area (Å²) in [7, 11) is 0. The number of piperidine rings is 1. The number of rotatable bonds is 3. The van der Waals surface area contributed by atoms with Gasteiger partial charge in [0, 0.05) is 6.61 Å². The van der Waals surface area contributed by atoms with Crippen molar-refractivity contribution in [1.29, 1.82) is 0 Å². The molecule has 2 aliphatic rings. The van der Waals surface area contributed by atoms with Gasteiger partial charge in [-0.3, -0.25) is 4.79 Å². The van der Waals surface area contributed by atoms with Gasteiger partial charge in [0.25, 0.3) is 5.91 Å². The Morgan fingerprint density at radius 3 is 2.73 bits per heavy atom. The van der Waals surface area contributed by atoms with Crippen LogP contribution in [-0.2, 0) is 4.74 Å². The Bertz CT molecular complexity index is 515. The average molecular weight is 329 g/mol. The molecular formula is C16H22ClFN2O2. The van der Waals surface area contributed by atoms with Crippen LogP contribution in [0, 0.1) is 5.82 Å². The summed E-state index contributed by atoms with van der Waals surface area (Å²) >= 11 is 0. The molecule has 2 saturated heterocycles. The lowest BCUT2D eigenvalue weighted by Crippen LogP contribution is -2.35. The lowest BCUT2D eigenvalue weighted by Gasteiger charge is -2.23. The van der Waals surface area contributed by atoms with Gasteiger partial charge in [0.1, 0.15) is 5.82 Å². The fraction of sp³-hybridized carbons (Fsp3) is 0.562. The molecule has 22 heavy (non-hydrogen) atoms. The van der Waals surface area contributed by atoms with Gasteiger partial charge in [-0.25, -0.2) is 4.39 Å². The number of hydrogen-bond donors (Lipinski definition) is 2. The summed E-state index contributed by atoms with van der Waals surface area (Å²) in [5.74, 6) is -0.379. The van der Waals surface area contributed by atoms with Crippen LogP contribution in [0.5, 0.6) is 0 Å². The fourth-order valence-corrected chi connectivity index (χ4v) is 3.04. The van der Waals surface area contributed by atoms with Crippen LogP contribution in [0.15, 0.2) is 18.2 Å². The summed E-state index contributed by atoms with van der Waals surface area (Å²) < 4.78 is 19.2. The molecule has 2 aliphatic heterocycles. The van der Waals surface area contributed by atoms with Crippen molar-refractivity contribution >= 4 is 18.3 Å². The fourth-order valence-electron chi connectivity index (χ4n) is 3.04. The highest BCUT2D eigenvalue weighted by Gasteiger charge is 2.22. The van der Waals surface area contributed by atoms with Crippen molar-refractivity contribution in [3.63, 3.8) is 0 Å². The van der Waals surface area contributed by atoms with Crippen LogP contribution in [0.2, 0.25) is 0 Å². The van der Waals surface area contributed by atoms with E-state index in [1.165, 1.54) is 6.07 Å². The maximum Gasteiger partial charge on any atom is 0.254 e. The number of ether oxygens (including phenoxy) is 1. The summed E-state index contributed by atoms with van der Waals surface area (Å²) in [6.45, 7) is 3.12. The van der Waals surface area contributed by atoms with Crippen LogP contribution >= 0.6 is 12.4 Å². The Hall–Kier alpha value is -1.17. The molecule has 0 bridgehead atoms. The number of carbonyl (C=O) groups is 1. The number of amides is 1. The number of halogens is 2. The molecule has 1 aromatic rings. The van der Waals surface area contributed by atoms with E-state index in [0.29, 0.717) is 19.1 Å². The third kappa shape index (κ3) is 3.97. The second-order valence-electron chi connectivity index (χ2n) is 5.80. The highest BCUT2D eigenvalue weighted by Crippen LogP contribution is 2.26. The second-order valence-corrected chi connectivity index (χ2v) is 5.80. The molecule has 0 aliphatic carbocycles. The Morgan fingerprint density at radius 1 is 1.27 bits per heavy atom. The molecule has 0 radical (unpaired) electrons. The number of carbonyl (C=O) groups excluding carboxylic acids is 1. The standard InChI is InChI=1S/C16H21FN2O2.ClH/c17-15-2-1-12(11-3-6-18-7-4-11)9-14(15)16(20)19-13-5-8-21-10-13;/h1-2,9,11,13,18H,3-8,10H2,(H,19,20);1H. The molecule has 0 saturated carbocycles. The van der Waals surface area contributed by atoms with Crippen LogP contribution in [-0.4, -0.2) is 38.3 Å². The van der Waals surface area contributed by atoms with Crippen molar-refractivity contribution in [3.8, 4) is 0 Å². The molecule has 1 aromatic carbocycles. The summed E-state index contributed by atoms with van der Waals surface area (Å²) in [6.07, 6.45) is 2.85. The van der Waals surface area contributed by atoms with Gasteiger partial charge >= 0.3 is 0 Å². The summed E-state index contributed by atoms with van der Waals surface area (Å²) in [5.41, 5.74) is 1.21. The predicted octanol–water partition coefficient (Wildman–Crippen LogP) is 2.23. The second kappa shape index (κ2) is 7.90. The first-order valence-corrected chi connectivity index (χ1v) is 7.63. The van der Waals surface area contributed by atoms with Gasteiger partial charge in [0.2, 0.25) is 0 Å². The number of hydrogen-bond acceptors (Lipinski definition) is 3. The summed E-state index contributed by atoms with van der Waals surface area (Å²) in [4.78, 5) is 12.2. The molecular weight excluding hydrogens is 307 g/mol. The lowest BCUT2D eigenvalue weighted by molar-refractivity contribution is 0.0925. The molecule has 2 fully saturated rings. The van der Waals surface area contributed by atoms with Gasteiger partial charge in [-0.15, -0.1) is 12.4 Å². The van der Waals surface area contributed by atoms with Crippen LogP contribution in [0.3, 0.4) is 0 Å². The molecule has 0 aromatic heterocycles. The van der Waals surface area contributed by atoms with Crippen molar-refractivity contribution in [1.82, 2.24) is 10.6 Å². The zero-order chi connectivity index (χ0) is 14.7. The van der Waals surface area contributed by atoms with Gasteiger partial charge in [0.15, 0.2) is 0 Å². The maximum absolute atomic E-state index is 14.0. The van der Waals surface area contributed by atoms with Crippen molar-refractivity contribution in [2.24, 2.45) is 0 Å². The normalized spacial score (nSPS) is 22.1. The quantitative estimate of drug-likeness (QED) is 0.894. The molecule has 2 N–H and O–H groups in total. The number of nitrogens with one attached hydrogen (secondary N) is 2. The summed E-state index contributed by atoms with van der Waals surface area (Å²) in [5, 5.41) is 6.16. The molecule has 122 valence electrons. The van der Waals surface area contributed by atoms with Gasteiger partial charge in [-0.2, -0.15) is 0 Å². The SMILES string of the molecule is Cl.O=C(NC1CCOC1)c1cc(C2CCNCC2)ccc1F. The van der Waals surface area contributed by atoms with E-state index in [4.69, 9.17) is 4.74 Å². The van der Waals surface area contributed by atoms with E-state index in [9.17, 15) is 9.18 Å². The minimum absolute atomic E-state index is 0. The van der Waals surface area contributed by atoms with Gasteiger partial charge in [-0.1, -0.05) is 6.07 Å². The van der Waals surface area contributed by atoms with Gasteiger partial charge in [-0.05, 0) is 56.0 Å². The highest BCUT2D eigenvalue weighted by atomic mass is 35.5. The third-order valence-corrected chi connectivity index (χ3v) is 4.31. The monoisotopic (exact) mass is 328 g/mol. The van der Waals surface area contributed by atoms with E-state index in [1.54, 1.807) is 12.1 Å². The van der Waals surface area contributed by atoms with E-state index in [0.717, 1.165) is 37.9 Å². The predicted molar refractivity (Wildman–Crippen MR) is 85.2 cm³/mol. The smallest absolute Gasteiger partial charge is 0.254 e. The minimum Gasteiger partial charge on any atom is -0.379 e. The van der Waals surface area contributed by atoms with Crippen LogP contribution in [0.4, 0.5) is 4.39 Å². The Morgan fingerprint density at radius 2 is 2.05 bits per heavy atom. The Kier molecular flexibility index (Phi) is 6.17. The molecule has 4 nitrogen and oxygen atoms in total. The van der Waals surface area contributed by atoms with E-state index in [2.05, 4.69) is 10.6 Å². The van der Waals surface area contributed by atoms with Gasteiger partial charge < -0.3 is 15.4 Å². The number of benzene rings is 1. The van der Waals surface area contributed by atoms with Crippen molar-refractivity contribution < 1.29 is 13.9 Å². The van der Waals surface area contributed by atoms with E-state index >= 15 is 0 Å². The topological polar surface area (TPSA) is 50.4 Å². The zero-order valence-electron chi connectivity index (χ0n) is 12.4. The Balaban J connectivity index is 0.00000176. The van der Waals surface area contributed by atoms with Crippen molar-refractivity contribution in [2.75, 3.05) is 26.3 Å². The van der Waals surface area contributed by atoms with Crippen LogP contribution < -0.4 is 10.6 Å². The van der Waals surface area contributed by atoms with Crippen LogP contribution in [0.25, 0.3) is 0 Å². The van der Waals surface area contributed by atoms with Crippen molar-refractivity contribution in [2.45, 2.75) is 31.2 Å². The zero-order valence-corrected chi connectivity index (χ0v) is 13.3. The first-order valence-electron chi connectivity index (χ1n) is 7.63. The third-order valence-electron chi connectivity index (χ3n) is 4.31. The van der Waals surface area contributed by atoms with E-state index in [-0.39, 0.29) is 29.9 Å². The maximum atomic E-state index is 14.0. The average Bonchev–Trinajstić information content (AvgIpc) is 3.01. The minimum atomic E-state index is -0.455. The molecule has 1 atom stereocenters. The van der Waals surface area contributed by atoms with Crippen molar-refractivity contribution in [3.05, 3.63) is 35.1 Å². The lowest BCUT2D eigenvalue weighted by atomic mass is 9.89. The van der Waals surface area contributed by atoms with Gasteiger partial charge in [0.05, 0.1) is 18.2 Å². The Labute approximate surface area is 136 Å². The molecule has 3 rings (SSSR count). The molecule has 1 amide bonds. The molecule has 6 heteroatoms.